The molecule has 0 saturated carbocycles. The summed E-state index contributed by atoms with van der Waals surface area (Å²) in [6, 6.07) is 34.5. The molecule has 0 aliphatic rings. The van der Waals surface area contributed by atoms with Gasteiger partial charge in [0.15, 0.2) is 0 Å². The summed E-state index contributed by atoms with van der Waals surface area (Å²) in [4.78, 5) is 3.73. The lowest BCUT2D eigenvalue weighted by molar-refractivity contribution is 0.677. The third-order valence-electron chi connectivity index (χ3n) is 6.96. The van der Waals surface area contributed by atoms with Gasteiger partial charge in [0.25, 0.3) is 0 Å². The number of aromatic nitrogens is 1. The average molecular weight is 407 g/mol. The number of rotatable bonds is 0. The summed E-state index contributed by atoms with van der Waals surface area (Å²) in [5, 5.41) is 12.1. The Hall–Kier alpha value is -4.30. The molecule has 8 aromatic rings. The van der Waals surface area contributed by atoms with E-state index in [1.54, 1.807) is 0 Å². The molecule has 0 fully saturated rings. The lowest BCUT2D eigenvalue weighted by Crippen LogP contribution is -1.79. The second-order valence-corrected chi connectivity index (χ2v) is 8.60. The number of benzene rings is 6. The number of H-pyrrole nitrogens is 1. The summed E-state index contributed by atoms with van der Waals surface area (Å²) >= 11 is 0. The molecule has 32 heavy (non-hydrogen) atoms. The van der Waals surface area contributed by atoms with Gasteiger partial charge < -0.3 is 9.40 Å². The van der Waals surface area contributed by atoms with Gasteiger partial charge in [0.1, 0.15) is 11.2 Å². The van der Waals surface area contributed by atoms with Crippen molar-refractivity contribution in [3.63, 3.8) is 0 Å². The highest BCUT2D eigenvalue weighted by atomic mass is 16.3. The molecule has 1 N–H and O–H groups in total. The molecule has 0 saturated heterocycles. The Morgan fingerprint density at radius 2 is 1.09 bits per heavy atom. The zero-order valence-corrected chi connectivity index (χ0v) is 17.1. The molecule has 0 aliphatic carbocycles. The fourth-order valence-corrected chi connectivity index (χ4v) is 5.58. The molecule has 2 heterocycles. The van der Waals surface area contributed by atoms with E-state index in [-0.39, 0.29) is 0 Å². The highest BCUT2D eigenvalue weighted by molar-refractivity contribution is 6.38. The smallest absolute Gasteiger partial charge is 0.146 e. The molecule has 148 valence electrons. The predicted molar refractivity (Wildman–Crippen MR) is 136 cm³/mol. The van der Waals surface area contributed by atoms with Crippen molar-refractivity contribution in [2.45, 2.75) is 0 Å². The van der Waals surface area contributed by atoms with Gasteiger partial charge in [-0.3, -0.25) is 0 Å². The Labute approximate surface area is 182 Å². The first-order chi connectivity index (χ1) is 15.9. The van der Waals surface area contributed by atoms with Crippen molar-refractivity contribution in [3.05, 3.63) is 97.1 Å². The predicted octanol–water partition coefficient (Wildman–Crippen LogP) is 8.68. The summed E-state index contributed by atoms with van der Waals surface area (Å²) in [7, 11) is 0. The molecule has 2 aromatic heterocycles. The second-order valence-electron chi connectivity index (χ2n) is 8.60. The number of nitrogens with one attached hydrogen (secondary N) is 1. The van der Waals surface area contributed by atoms with Gasteiger partial charge in [0.2, 0.25) is 0 Å². The van der Waals surface area contributed by atoms with Gasteiger partial charge in [-0.05, 0) is 33.7 Å². The first kappa shape index (κ1) is 16.4. The van der Waals surface area contributed by atoms with E-state index >= 15 is 0 Å². The molecule has 0 unspecified atom stereocenters. The van der Waals surface area contributed by atoms with Crippen molar-refractivity contribution >= 4 is 76.1 Å². The topological polar surface area (TPSA) is 28.9 Å². The monoisotopic (exact) mass is 407 g/mol. The zero-order valence-electron chi connectivity index (χ0n) is 17.1. The Morgan fingerprint density at radius 3 is 1.94 bits per heavy atom. The van der Waals surface area contributed by atoms with Gasteiger partial charge in [0.05, 0.1) is 10.9 Å². The molecule has 2 nitrogen and oxygen atoms in total. The zero-order chi connectivity index (χ0) is 20.8. The molecule has 0 amide bonds. The van der Waals surface area contributed by atoms with Gasteiger partial charge in [0, 0.05) is 32.4 Å². The van der Waals surface area contributed by atoms with Crippen LogP contribution in [-0.2, 0) is 0 Å². The Balaban J connectivity index is 1.76. The minimum atomic E-state index is 0.963. The lowest BCUT2D eigenvalue weighted by Gasteiger charge is -2.04. The Morgan fingerprint density at radius 1 is 0.438 bits per heavy atom. The maximum atomic E-state index is 6.78. The molecule has 2 heteroatoms. The highest BCUT2D eigenvalue weighted by Gasteiger charge is 2.21. The third kappa shape index (κ3) is 1.91. The van der Waals surface area contributed by atoms with E-state index in [9.17, 15) is 0 Å². The van der Waals surface area contributed by atoms with E-state index in [0.717, 1.165) is 27.6 Å². The summed E-state index contributed by atoms with van der Waals surface area (Å²) < 4.78 is 6.78. The van der Waals surface area contributed by atoms with Crippen molar-refractivity contribution in [3.8, 4) is 0 Å². The Bertz CT molecular complexity index is 2040. The van der Waals surface area contributed by atoms with E-state index in [4.69, 9.17) is 4.42 Å². The minimum Gasteiger partial charge on any atom is -0.455 e. The van der Waals surface area contributed by atoms with Gasteiger partial charge >= 0.3 is 0 Å². The largest absolute Gasteiger partial charge is 0.455 e. The van der Waals surface area contributed by atoms with Crippen LogP contribution in [0.15, 0.2) is 101 Å². The summed E-state index contributed by atoms with van der Waals surface area (Å²) in [6.07, 6.45) is 0. The maximum Gasteiger partial charge on any atom is 0.146 e. The van der Waals surface area contributed by atoms with Crippen molar-refractivity contribution in [2.24, 2.45) is 0 Å². The number of aromatic amines is 1. The molecule has 0 aliphatic heterocycles. The summed E-state index contributed by atoms with van der Waals surface area (Å²) in [6.45, 7) is 0. The van der Waals surface area contributed by atoms with E-state index in [1.165, 1.54) is 48.5 Å². The van der Waals surface area contributed by atoms with Crippen molar-refractivity contribution in [1.82, 2.24) is 4.98 Å². The van der Waals surface area contributed by atoms with Crippen LogP contribution in [0.1, 0.15) is 0 Å². The van der Waals surface area contributed by atoms with Gasteiger partial charge in [-0.2, -0.15) is 0 Å². The molecule has 0 bridgehead atoms. The molecular weight excluding hydrogens is 390 g/mol. The lowest BCUT2D eigenvalue weighted by atomic mass is 9.97. The first-order valence-corrected chi connectivity index (χ1v) is 11.0. The average Bonchev–Trinajstić information content (AvgIpc) is 3.44. The molecule has 6 aromatic carbocycles. The quantitative estimate of drug-likeness (QED) is 0.268. The summed E-state index contributed by atoms with van der Waals surface area (Å²) in [5.74, 6) is 0. The van der Waals surface area contributed by atoms with Crippen LogP contribution in [0.25, 0.3) is 76.1 Å². The molecule has 0 atom stereocenters. The molecular formula is C30H17NO. The minimum absolute atomic E-state index is 0.963. The number of furan rings is 1. The van der Waals surface area contributed by atoms with E-state index < -0.39 is 0 Å². The highest BCUT2D eigenvalue weighted by Crippen LogP contribution is 2.46. The fourth-order valence-electron chi connectivity index (χ4n) is 5.58. The van der Waals surface area contributed by atoms with Crippen molar-refractivity contribution in [2.75, 3.05) is 0 Å². The van der Waals surface area contributed by atoms with Gasteiger partial charge in [-0.1, -0.05) is 84.9 Å². The standard InChI is InChI=1S/C30H17NO/c1-3-9-19-17(7-1)14-16-24-26(19)27-28(31-24)22-12-6-5-11-21(22)25-23-15-13-18-8-2-4-10-20(18)29(23)32-30(25)27/h1-16,31H. The van der Waals surface area contributed by atoms with Crippen LogP contribution in [0.3, 0.4) is 0 Å². The first-order valence-electron chi connectivity index (χ1n) is 11.0. The Kier molecular flexibility index (Phi) is 2.91. The molecule has 8 rings (SSSR count). The van der Waals surface area contributed by atoms with Crippen molar-refractivity contribution in [1.29, 1.82) is 0 Å². The van der Waals surface area contributed by atoms with Crippen LogP contribution >= 0.6 is 0 Å². The van der Waals surface area contributed by atoms with E-state index in [0.29, 0.717) is 0 Å². The van der Waals surface area contributed by atoms with Crippen LogP contribution in [-0.4, -0.2) is 4.98 Å². The fraction of sp³-hybridized carbons (Fsp3) is 0. The van der Waals surface area contributed by atoms with Crippen LogP contribution in [0.5, 0.6) is 0 Å². The van der Waals surface area contributed by atoms with E-state index in [2.05, 4.69) is 102 Å². The number of fused-ring (bicyclic) bond motifs is 14. The second kappa shape index (κ2) is 5.68. The van der Waals surface area contributed by atoms with Gasteiger partial charge in [-0.25, -0.2) is 0 Å². The number of hydrogen-bond acceptors (Lipinski definition) is 1. The molecule has 0 spiro atoms. The van der Waals surface area contributed by atoms with Crippen LogP contribution in [0.4, 0.5) is 0 Å². The van der Waals surface area contributed by atoms with Crippen LogP contribution in [0.2, 0.25) is 0 Å². The summed E-state index contributed by atoms with van der Waals surface area (Å²) in [5.41, 5.74) is 4.21. The van der Waals surface area contributed by atoms with Crippen molar-refractivity contribution < 1.29 is 4.42 Å². The number of hydrogen-bond donors (Lipinski definition) is 1. The van der Waals surface area contributed by atoms with E-state index in [1.807, 2.05) is 0 Å². The SMILES string of the molecule is c1ccc2c(c1)ccc1c2oc2c1c1ccccc1c1[nH]c3ccc4ccccc4c3c12. The van der Waals surface area contributed by atoms with Crippen LogP contribution < -0.4 is 0 Å². The third-order valence-corrected chi connectivity index (χ3v) is 6.96. The maximum absolute atomic E-state index is 6.78. The van der Waals surface area contributed by atoms with Gasteiger partial charge in [-0.15, -0.1) is 0 Å². The van der Waals surface area contributed by atoms with Crippen LogP contribution in [0, 0.1) is 0 Å². The normalized spacial score (nSPS) is 12.4. The molecule has 0 radical (unpaired) electrons.